The van der Waals surface area contributed by atoms with Crippen LogP contribution in [0.3, 0.4) is 0 Å². The smallest absolute Gasteiger partial charge is 0.274 e. The second kappa shape index (κ2) is 8.54. The molecule has 152 valence electrons. The average Bonchev–Trinajstić information content (AvgIpc) is 3.15. The van der Waals surface area contributed by atoms with Gasteiger partial charge in [0.15, 0.2) is 0 Å². The fraction of sp³-hybridized carbons (Fsp3) is 0.400. The molecule has 4 rings (SSSR count). The topological polar surface area (TPSA) is 79.6 Å². The first-order chi connectivity index (χ1) is 14.0. The molecule has 9 heteroatoms. The first kappa shape index (κ1) is 19.9. The Hall–Kier alpha value is -2.39. The Bertz CT molecular complexity index is 1080. The van der Waals surface area contributed by atoms with E-state index in [2.05, 4.69) is 27.2 Å². The van der Waals surface area contributed by atoms with Crippen LogP contribution in [0.4, 0.5) is 5.13 Å². The second-order valence-corrected chi connectivity index (χ2v) is 9.10. The summed E-state index contributed by atoms with van der Waals surface area (Å²) in [4.78, 5) is 32.7. The molecule has 7 nitrogen and oxygen atoms in total. The van der Waals surface area contributed by atoms with Crippen LogP contribution in [-0.4, -0.2) is 39.9 Å². The van der Waals surface area contributed by atoms with Gasteiger partial charge < -0.3 is 10.2 Å². The second-order valence-electron chi connectivity index (χ2n) is 7.28. The minimum Gasteiger partial charge on any atom is -0.347 e. The molecule has 0 radical (unpaired) electrons. The molecule has 1 aliphatic heterocycles. The van der Waals surface area contributed by atoms with Crippen molar-refractivity contribution in [3.63, 3.8) is 0 Å². The molecule has 0 spiro atoms. The van der Waals surface area contributed by atoms with Crippen molar-refractivity contribution in [1.82, 2.24) is 19.9 Å². The monoisotopic (exact) mass is 429 g/mol. The van der Waals surface area contributed by atoms with E-state index in [0.717, 1.165) is 30.2 Å². The van der Waals surface area contributed by atoms with Crippen molar-refractivity contribution in [3.8, 4) is 0 Å². The van der Waals surface area contributed by atoms with Gasteiger partial charge in [0.25, 0.3) is 11.5 Å². The zero-order valence-electron chi connectivity index (χ0n) is 16.4. The summed E-state index contributed by atoms with van der Waals surface area (Å²) in [6, 6.07) is 9.26. The maximum atomic E-state index is 12.8. The molecular formula is C20H23N5O2S2. The van der Waals surface area contributed by atoms with Crippen LogP contribution < -0.4 is 15.8 Å². The van der Waals surface area contributed by atoms with Crippen molar-refractivity contribution in [2.24, 2.45) is 5.92 Å². The molecule has 1 atom stereocenters. The number of thioether (sulfide) groups is 1. The van der Waals surface area contributed by atoms with E-state index in [9.17, 15) is 9.59 Å². The molecule has 2 aromatic heterocycles. The Balaban J connectivity index is 1.56. The van der Waals surface area contributed by atoms with Crippen LogP contribution in [-0.2, 0) is 6.54 Å². The highest BCUT2D eigenvalue weighted by Gasteiger charge is 2.22. The minimum atomic E-state index is -0.429. The van der Waals surface area contributed by atoms with Gasteiger partial charge in [-0.2, -0.15) is 9.50 Å². The standard InChI is InChI=1S/C20H23N5O2S2/c1-13-4-3-9-24(12-13)20-23-25-16(10-17(26)22-19(25)29-20)18(27)21-11-14-5-7-15(28-2)8-6-14/h5-8,10,13H,3-4,9,11-12H2,1-2H3,(H,21,27)/t13-/m0/s1. The third-order valence-corrected chi connectivity index (χ3v) is 6.73. The van der Waals surface area contributed by atoms with Crippen molar-refractivity contribution in [2.45, 2.75) is 31.2 Å². The van der Waals surface area contributed by atoms with Crippen molar-refractivity contribution in [1.29, 1.82) is 0 Å². The van der Waals surface area contributed by atoms with Crippen LogP contribution in [0.5, 0.6) is 0 Å². The fourth-order valence-electron chi connectivity index (χ4n) is 3.47. The van der Waals surface area contributed by atoms with E-state index in [4.69, 9.17) is 0 Å². The lowest BCUT2D eigenvalue weighted by atomic mass is 10.0. The number of piperidine rings is 1. The molecule has 1 aliphatic rings. The van der Waals surface area contributed by atoms with E-state index < -0.39 is 5.56 Å². The summed E-state index contributed by atoms with van der Waals surface area (Å²) < 4.78 is 1.49. The summed E-state index contributed by atoms with van der Waals surface area (Å²) in [7, 11) is 0. The number of anilines is 1. The van der Waals surface area contributed by atoms with Gasteiger partial charge in [-0.15, -0.1) is 16.9 Å². The lowest BCUT2D eigenvalue weighted by Crippen LogP contribution is -2.34. The third-order valence-electron chi connectivity index (χ3n) is 5.02. The maximum Gasteiger partial charge on any atom is 0.274 e. The molecule has 0 saturated carbocycles. The summed E-state index contributed by atoms with van der Waals surface area (Å²) in [5.74, 6) is 0.265. The Morgan fingerprint density at radius 3 is 2.86 bits per heavy atom. The Morgan fingerprint density at radius 2 is 2.14 bits per heavy atom. The number of fused-ring (bicyclic) bond motifs is 1. The number of amides is 1. The highest BCUT2D eigenvalue weighted by molar-refractivity contribution is 7.98. The van der Waals surface area contributed by atoms with Crippen LogP contribution in [0.2, 0.25) is 0 Å². The number of hydrogen-bond acceptors (Lipinski definition) is 7. The van der Waals surface area contributed by atoms with E-state index in [1.807, 2.05) is 30.5 Å². The van der Waals surface area contributed by atoms with Gasteiger partial charge in [-0.1, -0.05) is 30.4 Å². The largest absolute Gasteiger partial charge is 0.347 e. The third kappa shape index (κ3) is 4.45. The molecule has 3 aromatic rings. The van der Waals surface area contributed by atoms with Crippen LogP contribution in [0.1, 0.15) is 35.8 Å². The molecule has 0 unspecified atom stereocenters. The van der Waals surface area contributed by atoms with E-state index in [1.54, 1.807) is 11.8 Å². The molecule has 1 aromatic carbocycles. The zero-order valence-corrected chi connectivity index (χ0v) is 18.1. The SMILES string of the molecule is CSc1ccc(CNC(=O)c2cc(=O)nc3sc(N4CCC[C@H](C)C4)nn23)cc1. The van der Waals surface area contributed by atoms with Crippen LogP contribution in [0.25, 0.3) is 4.96 Å². The van der Waals surface area contributed by atoms with Crippen molar-refractivity contribution in [2.75, 3.05) is 24.2 Å². The van der Waals surface area contributed by atoms with Gasteiger partial charge in [-0.3, -0.25) is 9.59 Å². The average molecular weight is 430 g/mol. The molecule has 1 N–H and O–H groups in total. The van der Waals surface area contributed by atoms with Crippen LogP contribution in [0.15, 0.2) is 40.0 Å². The van der Waals surface area contributed by atoms with Crippen molar-refractivity contribution < 1.29 is 4.79 Å². The Kier molecular flexibility index (Phi) is 5.86. The Morgan fingerprint density at radius 1 is 1.34 bits per heavy atom. The summed E-state index contributed by atoms with van der Waals surface area (Å²) in [5, 5.41) is 8.29. The normalized spacial score (nSPS) is 16.9. The highest BCUT2D eigenvalue weighted by atomic mass is 32.2. The predicted molar refractivity (Wildman–Crippen MR) is 117 cm³/mol. The first-order valence-electron chi connectivity index (χ1n) is 9.60. The van der Waals surface area contributed by atoms with E-state index in [-0.39, 0.29) is 11.6 Å². The number of rotatable bonds is 5. The number of carbonyl (C=O) groups excluding carboxylic acids is 1. The molecule has 1 saturated heterocycles. The van der Waals surface area contributed by atoms with Gasteiger partial charge in [0.2, 0.25) is 10.1 Å². The maximum absolute atomic E-state index is 12.8. The number of hydrogen-bond donors (Lipinski definition) is 1. The van der Waals surface area contributed by atoms with Gasteiger partial charge in [-0.05, 0) is 42.7 Å². The van der Waals surface area contributed by atoms with E-state index in [0.29, 0.717) is 17.4 Å². The quantitative estimate of drug-likeness (QED) is 0.628. The highest BCUT2D eigenvalue weighted by Crippen LogP contribution is 2.27. The number of aromatic nitrogens is 3. The molecule has 0 bridgehead atoms. The minimum absolute atomic E-state index is 0.216. The zero-order chi connectivity index (χ0) is 20.4. The predicted octanol–water partition coefficient (Wildman–Crippen LogP) is 3.04. The number of nitrogens with zero attached hydrogens (tertiary/aromatic N) is 4. The fourth-order valence-corrected chi connectivity index (χ4v) is 4.82. The Labute approximate surface area is 177 Å². The number of benzene rings is 1. The number of carbonyl (C=O) groups is 1. The van der Waals surface area contributed by atoms with Gasteiger partial charge in [-0.25, -0.2) is 0 Å². The van der Waals surface area contributed by atoms with E-state index in [1.165, 1.54) is 33.2 Å². The molecule has 1 amide bonds. The molecule has 0 aliphatic carbocycles. The molecular weight excluding hydrogens is 406 g/mol. The lowest BCUT2D eigenvalue weighted by molar-refractivity contribution is 0.0943. The van der Waals surface area contributed by atoms with Crippen LogP contribution in [0, 0.1) is 5.92 Å². The van der Waals surface area contributed by atoms with Crippen molar-refractivity contribution >= 4 is 39.1 Å². The molecule has 29 heavy (non-hydrogen) atoms. The molecule has 3 heterocycles. The van der Waals surface area contributed by atoms with Gasteiger partial charge in [0.1, 0.15) is 5.69 Å². The van der Waals surface area contributed by atoms with Crippen LogP contribution >= 0.6 is 23.1 Å². The summed E-state index contributed by atoms with van der Waals surface area (Å²) in [5.41, 5.74) is 0.782. The van der Waals surface area contributed by atoms with Gasteiger partial charge in [0.05, 0.1) is 0 Å². The van der Waals surface area contributed by atoms with Gasteiger partial charge in [0, 0.05) is 30.6 Å². The lowest BCUT2D eigenvalue weighted by Gasteiger charge is -2.30. The summed E-state index contributed by atoms with van der Waals surface area (Å²) in [6.45, 7) is 4.47. The molecule has 1 fully saturated rings. The van der Waals surface area contributed by atoms with Gasteiger partial charge >= 0.3 is 0 Å². The van der Waals surface area contributed by atoms with Crippen molar-refractivity contribution in [3.05, 3.63) is 51.9 Å². The number of nitrogens with one attached hydrogen (secondary N) is 1. The summed E-state index contributed by atoms with van der Waals surface area (Å²) in [6.07, 6.45) is 4.35. The van der Waals surface area contributed by atoms with E-state index >= 15 is 0 Å². The summed E-state index contributed by atoms with van der Waals surface area (Å²) >= 11 is 3.03. The first-order valence-corrected chi connectivity index (χ1v) is 11.6.